The van der Waals surface area contributed by atoms with E-state index >= 15 is 0 Å². The maximum absolute atomic E-state index is 12.2. The van der Waals surface area contributed by atoms with Crippen LogP contribution in [0, 0.1) is 3.57 Å². The molecule has 24 heavy (non-hydrogen) atoms. The number of carbonyl (C=O) groups is 3. The van der Waals surface area contributed by atoms with Crippen molar-refractivity contribution in [1.29, 1.82) is 0 Å². The molecule has 3 amide bonds. The molecule has 1 aliphatic rings. The van der Waals surface area contributed by atoms with Gasteiger partial charge in [0.2, 0.25) is 5.91 Å². The number of nitrogens with one attached hydrogen (secondary N) is 1. The monoisotopic (exact) mass is 434 g/mol. The Labute approximate surface area is 153 Å². The van der Waals surface area contributed by atoms with E-state index in [1.54, 1.807) is 24.3 Å². The molecule has 1 N–H and O–H groups in total. The van der Waals surface area contributed by atoms with Crippen LogP contribution in [0.2, 0.25) is 0 Å². The predicted octanol–water partition coefficient (Wildman–Crippen LogP) is 3.31. The van der Waals surface area contributed by atoms with Gasteiger partial charge in [0.15, 0.2) is 0 Å². The summed E-state index contributed by atoms with van der Waals surface area (Å²) in [6.45, 7) is 0.243. The van der Waals surface area contributed by atoms with Crippen LogP contribution >= 0.6 is 22.6 Å². The van der Waals surface area contributed by atoms with Gasteiger partial charge in [-0.1, -0.05) is 12.1 Å². The third kappa shape index (κ3) is 3.48. The number of benzene rings is 2. The SMILES string of the molecule is O=C(CCCN1C(=O)c2ccccc2C1=O)Nc1ccc(I)cc1. The first-order valence-electron chi connectivity index (χ1n) is 7.57. The number of amides is 3. The van der Waals surface area contributed by atoms with E-state index in [2.05, 4.69) is 27.9 Å². The van der Waals surface area contributed by atoms with Crippen LogP contribution in [0.4, 0.5) is 5.69 Å². The average molecular weight is 434 g/mol. The van der Waals surface area contributed by atoms with Crippen LogP contribution in [0.5, 0.6) is 0 Å². The van der Waals surface area contributed by atoms with Gasteiger partial charge in [0, 0.05) is 22.2 Å². The summed E-state index contributed by atoms with van der Waals surface area (Å²) in [6, 6.07) is 14.3. The smallest absolute Gasteiger partial charge is 0.261 e. The fourth-order valence-electron chi connectivity index (χ4n) is 2.60. The summed E-state index contributed by atoms with van der Waals surface area (Å²) in [4.78, 5) is 37.6. The summed E-state index contributed by atoms with van der Waals surface area (Å²) in [5.74, 6) is -0.699. The van der Waals surface area contributed by atoms with Crippen LogP contribution in [0.3, 0.4) is 0 Å². The van der Waals surface area contributed by atoms with Gasteiger partial charge in [-0.2, -0.15) is 0 Å². The standard InChI is InChI=1S/C18H15IN2O3/c19-12-7-9-13(10-8-12)20-16(22)6-3-11-21-17(23)14-4-1-2-5-15(14)18(21)24/h1-2,4-5,7-10H,3,6,11H2,(H,20,22). The Hall–Kier alpha value is -2.22. The highest BCUT2D eigenvalue weighted by Crippen LogP contribution is 2.22. The van der Waals surface area contributed by atoms with Gasteiger partial charge in [0.25, 0.3) is 11.8 Å². The highest BCUT2D eigenvalue weighted by atomic mass is 127. The number of rotatable bonds is 5. The summed E-state index contributed by atoms with van der Waals surface area (Å²) in [7, 11) is 0. The highest BCUT2D eigenvalue weighted by molar-refractivity contribution is 14.1. The topological polar surface area (TPSA) is 66.5 Å². The Kier molecular flexibility index (Phi) is 4.94. The van der Waals surface area contributed by atoms with E-state index in [0.717, 1.165) is 9.26 Å². The van der Waals surface area contributed by atoms with Gasteiger partial charge < -0.3 is 5.32 Å². The zero-order valence-corrected chi connectivity index (χ0v) is 14.9. The first-order chi connectivity index (χ1) is 11.6. The van der Waals surface area contributed by atoms with Gasteiger partial charge >= 0.3 is 0 Å². The summed E-state index contributed by atoms with van der Waals surface area (Å²) in [6.07, 6.45) is 0.682. The van der Waals surface area contributed by atoms with Gasteiger partial charge in [-0.25, -0.2) is 0 Å². The molecule has 0 spiro atoms. The van der Waals surface area contributed by atoms with Crippen molar-refractivity contribution in [3.8, 4) is 0 Å². The van der Waals surface area contributed by atoms with E-state index < -0.39 is 0 Å². The fourth-order valence-corrected chi connectivity index (χ4v) is 2.96. The van der Waals surface area contributed by atoms with Gasteiger partial charge in [-0.05, 0) is 65.4 Å². The summed E-state index contributed by atoms with van der Waals surface area (Å²) >= 11 is 2.20. The first-order valence-corrected chi connectivity index (χ1v) is 8.65. The Morgan fingerprint density at radius 1 is 0.958 bits per heavy atom. The Morgan fingerprint density at radius 2 is 1.54 bits per heavy atom. The highest BCUT2D eigenvalue weighted by Gasteiger charge is 2.34. The number of nitrogens with zero attached hydrogens (tertiary/aromatic N) is 1. The molecule has 0 saturated heterocycles. The molecule has 0 aliphatic carbocycles. The lowest BCUT2D eigenvalue weighted by molar-refractivity contribution is -0.116. The zero-order chi connectivity index (χ0) is 17.1. The number of carbonyl (C=O) groups excluding carboxylic acids is 3. The molecule has 5 nitrogen and oxygen atoms in total. The third-order valence-corrected chi connectivity index (χ3v) is 4.51. The molecule has 0 aromatic heterocycles. The van der Waals surface area contributed by atoms with Gasteiger partial charge in [-0.3, -0.25) is 19.3 Å². The predicted molar refractivity (Wildman–Crippen MR) is 98.8 cm³/mol. The van der Waals surface area contributed by atoms with Crippen molar-refractivity contribution >= 4 is 46.0 Å². The van der Waals surface area contributed by atoms with Crippen LogP contribution in [0.1, 0.15) is 33.6 Å². The average Bonchev–Trinajstić information content (AvgIpc) is 2.82. The summed E-state index contributed by atoms with van der Waals surface area (Å²) in [5.41, 5.74) is 1.61. The Bertz CT molecular complexity index is 767. The molecule has 0 radical (unpaired) electrons. The minimum atomic E-state index is -0.284. The maximum Gasteiger partial charge on any atom is 0.261 e. The normalized spacial score (nSPS) is 13.1. The van der Waals surface area contributed by atoms with Crippen molar-refractivity contribution in [2.75, 3.05) is 11.9 Å². The van der Waals surface area contributed by atoms with Crippen LogP contribution < -0.4 is 5.32 Å². The van der Waals surface area contributed by atoms with E-state index in [0.29, 0.717) is 17.5 Å². The lowest BCUT2D eigenvalue weighted by Gasteiger charge is -2.13. The number of hydrogen-bond acceptors (Lipinski definition) is 3. The summed E-state index contributed by atoms with van der Waals surface area (Å²) in [5, 5.41) is 2.80. The van der Waals surface area contributed by atoms with Gasteiger partial charge in [0.05, 0.1) is 11.1 Å². The fraction of sp³-hybridized carbons (Fsp3) is 0.167. The maximum atomic E-state index is 12.2. The molecule has 1 aliphatic heterocycles. The molecule has 0 fully saturated rings. The first kappa shape index (κ1) is 16.6. The molecule has 2 aromatic rings. The number of hydrogen-bond donors (Lipinski definition) is 1. The molecule has 3 rings (SSSR count). The van der Waals surface area contributed by atoms with Crippen LogP contribution in [0.25, 0.3) is 0 Å². The lowest BCUT2D eigenvalue weighted by atomic mass is 10.1. The number of anilines is 1. The third-order valence-electron chi connectivity index (χ3n) is 3.79. The lowest BCUT2D eigenvalue weighted by Crippen LogP contribution is -2.31. The van der Waals surface area contributed by atoms with E-state index in [1.165, 1.54) is 4.90 Å². The largest absolute Gasteiger partial charge is 0.326 e. The molecule has 6 heteroatoms. The van der Waals surface area contributed by atoms with E-state index in [1.807, 2.05) is 24.3 Å². The van der Waals surface area contributed by atoms with Crippen molar-refractivity contribution in [3.05, 3.63) is 63.2 Å². The van der Waals surface area contributed by atoms with Gasteiger partial charge in [0.1, 0.15) is 0 Å². The van der Waals surface area contributed by atoms with Crippen molar-refractivity contribution in [1.82, 2.24) is 4.90 Å². The Morgan fingerprint density at radius 3 is 2.12 bits per heavy atom. The number of halogens is 1. The van der Waals surface area contributed by atoms with E-state index in [9.17, 15) is 14.4 Å². The second-order valence-electron chi connectivity index (χ2n) is 5.47. The second-order valence-corrected chi connectivity index (χ2v) is 6.71. The van der Waals surface area contributed by atoms with Crippen molar-refractivity contribution in [2.24, 2.45) is 0 Å². The molecule has 2 aromatic carbocycles. The van der Waals surface area contributed by atoms with Crippen molar-refractivity contribution < 1.29 is 14.4 Å². The molecule has 0 saturated carbocycles. The van der Waals surface area contributed by atoms with Crippen LogP contribution in [0.15, 0.2) is 48.5 Å². The van der Waals surface area contributed by atoms with Crippen molar-refractivity contribution in [3.63, 3.8) is 0 Å². The van der Waals surface area contributed by atoms with Crippen molar-refractivity contribution in [2.45, 2.75) is 12.8 Å². The minimum Gasteiger partial charge on any atom is -0.326 e. The molecule has 0 bridgehead atoms. The molecule has 0 atom stereocenters. The second kappa shape index (κ2) is 7.12. The number of fused-ring (bicyclic) bond motifs is 1. The zero-order valence-electron chi connectivity index (χ0n) is 12.8. The molecular weight excluding hydrogens is 419 g/mol. The molecule has 1 heterocycles. The minimum absolute atomic E-state index is 0.132. The van der Waals surface area contributed by atoms with Gasteiger partial charge in [-0.15, -0.1) is 0 Å². The van der Waals surface area contributed by atoms with Crippen LogP contribution in [-0.4, -0.2) is 29.2 Å². The Balaban J connectivity index is 1.52. The van der Waals surface area contributed by atoms with E-state index in [-0.39, 0.29) is 30.7 Å². The summed E-state index contributed by atoms with van der Waals surface area (Å²) < 4.78 is 1.09. The number of imide groups is 1. The quantitative estimate of drug-likeness (QED) is 0.580. The molecular formula is C18H15IN2O3. The van der Waals surface area contributed by atoms with Crippen LogP contribution in [-0.2, 0) is 4.79 Å². The van der Waals surface area contributed by atoms with E-state index in [4.69, 9.17) is 0 Å². The molecule has 122 valence electrons. The molecule has 0 unspecified atom stereocenters.